The van der Waals surface area contributed by atoms with E-state index < -0.39 is 12.0 Å². The largest absolute Gasteiger partial charge is 0.508 e. The molecule has 0 fully saturated rings. The number of phenols is 1. The number of methoxy groups -OCH3 is 2. The lowest BCUT2D eigenvalue weighted by Gasteiger charge is -2.18. The van der Waals surface area contributed by atoms with E-state index >= 15 is 0 Å². The number of esters is 1. The summed E-state index contributed by atoms with van der Waals surface area (Å²) in [5, 5.41) is 12.6. The zero-order valence-corrected chi connectivity index (χ0v) is 11.9. The van der Waals surface area contributed by atoms with Crippen LogP contribution < -0.4 is 10.1 Å². The Morgan fingerprint density at radius 2 is 1.90 bits per heavy atom. The van der Waals surface area contributed by atoms with Crippen molar-refractivity contribution in [3.63, 3.8) is 0 Å². The van der Waals surface area contributed by atoms with Crippen LogP contribution in [0.15, 0.2) is 48.5 Å². The fraction of sp³-hybridized carbons (Fsp3) is 0.188. The predicted octanol–water partition coefficient (Wildman–Crippen LogP) is 2.73. The number of anilines is 1. The molecule has 0 bridgehead atoms. The Hall–Kier alpha value is -2.69. The number of hydrogen-bond donors (Lipinski definition) is 2. The monoisotopic (exact) mass is 287 g/mol. The summed E-state index contributed by atoms with van der Waals surface area (Å²) in [5.74, 6) is 0.330. The van der Waals surface area contributed by atoms with Crippen molar-refractivity contribution in [2.45, 2.75) is 6.04 Å². The molecular weight excluding hydrogens is 270 g/mol. The Kier molecular flexibility index (Phi) is 4.66. The maximum Gasteiger partial charge on any atom is 0.332 e. The number of ether oxygens (including phenoxy) is 2. The van der Waals surface area contributed by atoms with Crippen LogP contribution in [-0.2, 0) is 9.53 Å². The smallest absolute Gasteiger partial charge is 0.332 e. The third kappa shape index (κ3) is 3.66. The molecule has 0 aromatic heterocycles. The standard InChI is InChI=1S/C16H17NO4/c1-20-14-8-4-6-12(10-14)17-15(16(19)21-2)11-5-3-7-13(18)9-11/h3-10,15,17-18H,1-2H3. The van der Waals surface area contributed by atoms with Crippen molar-refractivity contribution in [1.29, 1.82) is 0 Å². The van der Waals surface area contributed by atoms with Gasteiger partial charge >= 0.3 is 5.97 Å². The van der Waals surface area contributed by atoms with Gasteiger partial charge in [-0.05, 0) is 29.8 Å². The highest BCUT2D eigenvalue weighted by atomic mass is 16.5. The van der Waals surface area contributed by atoms with Gasteiger partial charge in [0.1, 0.15) is 11.5 Å². The van der Waals surface area contributed by atoms with Crippen molar-refractivity contribution >= 4 is 11.7 Å². The van der Waals surface area contributed by atoms with Gasteiger partial charge in [-0.2, -0.15) is 0 Å². The zero-order valence-electron chi connectivity index (χ0n) is 11.9. The summed E-state index contributed by atoms with van der Waals surface area (Å²) in [6.07, 6.45) is 0. The molecule has 1 atom stereocenters. The average molecular weight is 287 g/mol. The fourth-order valence-corrected chi connectivity index (χ4v) is 1.98. The minimum atomic E-state index is -0.714. The molecule has 2 N–H and O–H groups in total. The minimum Gasteiger partial charge on any atom is -0.508 e. The molecule has 0 radical (unpaired) electrons. The van der Waals surface area contributed by atoms with Crippen LogP contribution in [0.25, 0.3) is 0 Å². The van der Waals surface area contributed by atoms with Gasteiger partial charge in [0.2, 0.25) is 0 Å². The Morgan fingerprint density at radius 3 is 2.57 bits per heavy atom. The van der Waals surface area contributed by atoms with Gasteiger partial charge in [0.15, 0.2) is 6.04 Å². The lowest BCUT2D eigenvalue weighted by Crippen LogP contribution is -2.22. The van der Waals surface area contributed by atoms with E-state index in [4.69, 9.17) is 9.47 Å². The second-order valence-electron chi connectivity index (χ2n) is 4.43. The summed E-state index contributed by atoms with van der Waals surface area (Å²) >= 11 is 0. The Bertz CT molecular complexity index is 627. The van der Waals surface area contributed by atoms with E-state index in [1.54, 1.807) is 31.4 Å². The summed E-state index contributed by atoms with van der Waals surface area (Å²) in [4.78, 5) is 12.0. The van der Waals surface area contributed by atoms with Crippen LogP contribution >= 0.6 is 0 Å². The van der Waals surface area contributed by atoms with Gasteiger partial charge in [-0.15, -0.1) is 0 Å². The lowest BCUT2D eigenvalue weighted by atomic mass is 10.1. The van der Waals surface area contributed by atoms with Gasteiger partial charge in [0.05, 0.1) is 14.2 Å². The number of benzene rings is 2. The van der Waals surface area contributed by atoms with E-state index in [-0.39, 0.29) is 5.75 Å². The molecule has 110 valence electrons. The summed E-state index contributed by atoms with van der Waals surface area (Å²) in [6, 6.07) is 13.0. The number of carbonyl (C=O) groups excluding carboxylic acids is 1. The molecule has 0 amide bonds. The highest BCUT2D eigenvalue weighted by Crippen LogP contribution is 2.25. The topological polar surface area (TPSA) is 67.8 Å². The van der Waals surface area contributed by atoms with E-state index in [2.05, 4.69) is 5.32 Å². The predicted molar refractivity (Wildman–Crippen MR) is 79.5 cm³/mol. The van der Waals surface area contributed by atoms with Gasteiger partial charge in [-0.3, -0.25) is 0 Å². The average Bonchev–Trinajstić information content (AvgIpc) is 2.52. The van der Waals surface area contributed by atoms with Gasteiger partial charge in [0.25, 0.3) is 0 Å². The lowest BCUT2D eigenvalue weighted by molar-refractivity contribution is -0.141. The molecular formula is C16H17NO4. The summed E-state index contributed by atoms with van der Waals surface area (Å²) < 4.78 is 9.97. The number of nitrogens with one attached hydrogen (secondary N) is 1. The first-order valence-electron chi connectivity index (χ1n) is 6.41. The summed E-state index contributed by atoms with van der Waals surface area (Å²) in [5.41, 5.74) is 1.33. The van der Waals surface area contributed by atoms with Gasteiger partial charge in [-0.1, -0.05) is 18.2 Å². The third-order valence-electron chi connectivity index (χ3n) is 3.02. The van der Waals surface area contributed by atoms with Gasteiger partial charge in [0, 0.05) is 11.8 Å². The van der Waals surface area contributed by atoms with E-state index in [9.17, 15) is 9.90 Å². The molecule has 0 heterocycles. The van der Waals surface area contributed by atoms with E-state index in [0.717, 1.165) is 0 Å². The molecule has 5 heteroatoms. The van der Waals surface area contributed by atoms with Crippen LogP contribution in [0.4, 0.5) is 5.69 Å². The Labute approximate surface area is 123 Å². The highest BCUT2D eigenvalue weighted by molar-refractivity contribution is 5.81. The molecule has 2 aromatic rings. The molecule has 0 saturated carbocycles. The second kappa shape index (κ2) is 6.65. The maximum absolute atomic E-state index is 12.0. The summed E-state index contributed by atoms with van der Waals surface area (Å²) in [7, 11) is 2.90. The molecule has 0 aliphatic heterocycles. The van der Waals surface area contributed by atoms with E-state index in [0.29, 0.717) is 17.0 Å². The van der Waals surface area contributed by atoms with Crippen LogP contribution in [0.1, 0.15) is 11.6 Å². The fourth-order valence-electron chi connectivity index (χ4n) is 1.98. The molecule has 0 saturated heterocycles. The quantitative estimate of drug-likeness (QED) is 0.828. The molecule has 0 aliphatic carbocycles. The van der Waals surface area contributed by atoms with Crippen molar-refractivity contribution in [3.05, 3.63) is 54.1 Å². The molecule has 5 nitrogen and oxygen atoms in total. The number of phenolic OH excluding ortho intramolecular Hbond substituents is 1. The zero-order chi connectivity index (χ0) is 15.2. The Morgan fingerprint density at radius 1 is 1.14 bits per heavy atom. The van der Waals surface area contributed by atoms with Crippen molar-refractivity contribution in [2.75, 3.05) is 19.5 Å². The molecule has 0 aliphatic rings. The molecule has 0 spiro atoms. The van der Waals surface area contributed by atoms with E-state index in [1.165, 1.54) is 13.2 Å². The number of aromatic hydroxyl groups is 1. The van der Waals surface area contributed by atoms with Gasteiger partial charge < -0.3 is 19.9 Å². The molecule has 2 aromatic carbocycles. The Balaban J connectivity index is 2.30. The van der Waals surface area contributed by atoms with Crippen molar-refractivity contribution in [1.82, 2.24) is 0 Å². The maximum atomic E-state index is 12.0. The molecule has 2 rings (SSSR count). The first-order valence-corrected chi connectivity index (χ1v) is 6.41. The van der Waals surface area contributed by atoms with Crippen LogP contribution in [-0.4, -0.2) is 25.3 Å². The van der Waals surface area contributed by atoms with Crippen molar-refractivity contribution < 1.29 is 19.4 Å². The normalized spacial score (nSPS) is 11.5. The highest BCUT2D eigenvalue weighted by Gasteiger charge is 2.21. The summed E-state index contributed by atoms with van der Waals surface area (Å²) in [6.45, 7) is 0. The van der Waals surface area contributed by atoms with Crippen molar-refractivity contribution in [3.8, 4) is 11.5 Å². The first-order chi connectivity index (χ1) is 10.1. The second-order valence-corrected chi connectivity index (χ2v) is 4.43. The third-order valence-corrected chi connectivity index (χ3v) is 3.02. The van der Waals surface area contributed by atoms with Crippen LogP contribution in [0, 0.1) is 0 Å². The van der Waals surface area contributed by atoms with E-state index in [1.807, 2.05) is 18.2 Å². The SMILES string of the molecule is COC(=O)C(Nc1cccc(OC)c1)c1cccc(O)c1. The van der Waals surface area contributed by atoms with Gasteiger partial charge in [-0.25, -0.2) is 4.79 Å². The molecule has 21 heavy (non-hydrogen) atoms. The number of carbonyl (C=O) groups is 1. The molecule has 1 unspecified atom stereocenters. The van der Waals surface area contributed by atoms with Crippen molar-refractivity contribution in [2.24, 2.45) is 0 Å². The number of rotatable bonds is 5. The van der Waals surface area contributed by atoms with Crippen LogP contribution in [0.3, 0.4) is 0 Å². The minimum absolute atomic E-state index is 0.0915. The van der Waals surface area contributed by atoms with Crippen LogP contribution in [0.5, 0.6) is 11.5 Å². The van der Waals surface area contributed by atoms with Crippen LogP contribution in [0.2, 0.25) is 0 Å². The number of hydrogen-bond acceptors (Lipinski definition) is 5. The first kappa shape index (κ1) is 14.7.